The third kappa shape index (κ3) is 4.14. The first-order valence-electron chi connectivity index (χ1n) is 8.70. The van der Waals surface area contributed by atoms with E-state index in [1.807, 2.05) is 32.9 Å². The Morgan fingerprint density at radius 1 is 0.923 bits per heavy atom. The van der Waals surface area contributed by atoms with E-state index in [0.29, 0.717) is 24.3 Å². The van der Waals surface area contributed by atoms with Crippen molar-refractivity contribution in [1.82, 2.24) is 4.31 Å². The number of aryl methyl sites for hydroxylation is 3. The molecule has 0 bridgehead atoms. The lowest BCUT2D eigenvalue weighted by Crippen LogP contribution is -2.30. The fourth-order valence-corrected chi connectivity index (χ4v) is 4.17. The molecule has 0 aliphatic rings. The molecule has 0 atom stereocenters. The van der Waals surface area contributed by atoms with Crippen LogP contribution in [0.2, 0.25) is 0 Å². The monoisotopic (exact) mass is 374 g/mol. The zero-order valence-corrected chi connectivity index (χ0v) is 16.8. The largest absolute Gasteiger partial charge is 0.322 e. The normalized spacial score (nSPS) is 11.6. The predicted octanol–water partition coefficient (Wildman–Crippen LogP) is 3.89. The maximum atomic E-state index is 12.7. The average molecular weight is 375 g/mol. The van der Waals surface area contributed by atoms with Gasteiger partial charge >= 0.3 is 0 Å². The number of anilines is 1. The van der Waals surface area contributed by atoms with Crippen LogP contribution in [0.1, 0.15) is 40.9 Å². The summed E-state index contributed by atoms with van der Waals surface area (Å²) in [4.78, 5) is 12.7. The van der Waals surface area contributed by atoms with Crippen molar-refractivity contribution < 1.29 is 13.2 Å². The molecule has 0 saturated heterocycles. The maximum Gasteiger partial charge on any atom is 0.255 e. The van der Waals surface area contributed by atoms with Gasteiger partial charge in [0, 0.05) is 24.3 Å². The van der Waals surface area contributed by atoms with Crippen molar-refractivity contribution in [2.24, 2.45) is 0 Å². The van der Waals surface area contributed by atoms with Gasteiger partial charge in [-0.1, -0.05) is 26.0 Å². The molecule has 0 saturated carbocycles. The van der Waals surface area contributed by atoms with E-state index in [1.165, 1.54) is 10.4 Å². The number of carbonyl (C=O) groups excluding carboxylic acids is 1. The molecule has 0 unspecified atom stereocenters. The summed E-state index contributed by atoms with van der Waals surface area (Å²) in [5.41, 5.74) is 4.00. The van der Waals surface area contributed by atoms with Crippen molar-refractivity contribution >= 4 is 21.6 Å². The van der Waals surface area contributed by atoms with Crippen LogP contribution >= 0.6 is 0 Å². The number of nitrogens with one attached hydrogen (secondary N) is 1. The predicted molar refractivity (Wildman–Crippen MR) is 105 cm³/mol. The summed E-state index contributed by atoms with van der Waals surface area (Å²) >= 11 is 0. The Hall–Kier alpha value is -2.18. The van der Waals surface area contributed by atoms with Crippen molar-refractivity contribution in [3.63, 3.8) is 0 Å². The first kappa shape index (κ1) is 20.1. The zero-order chi connectivity index (χ0) is 19.5. The van der Waals surface area contributed by atoms with Crippen LogP contribution in [0.4, 0.5) is 5.69 Å². The summed E-state index contributed by atoms with van der Waals surface area (Å²) in [7, 11) is -3.57. The summed E-state index contributed by atoms with van der Waals surface area (Å²) in [6.45, 7) is 10.2. The lowest BCUT2D eigenvalue weighted by molar-refractivity contribution is 0.102. The minimum atomic E-state index is -3.57. The van der Waals surface area contributed by atoms with E-state index >= 15 is 0 Å². The highest BCUT2D eigenvalue weighted by atomic mass is 32.2. The molecule has 2 rings (SSSR count). The Morgan fingerprint density at radius 2 is 1.54 bits per heavy atom. The minimum Gasteiger partial charge on any atom is -0.322 e. The van der Waals surface area contributed by atoms with Gasteiger partial charge < -0.3 is 5.32 Å². The van der Waals surface area contributed by atoms with Crippen LogP contribution in [-0.2, 0) is 10.0 Å². The molecule has 1 N–H and O–H groups in total. The van der Waals surface area contributed by atoms with Gasteiger partial charge in [0.05, 0.1) is 4.90 Å². The van der Waals surface area contributed by atoms with Gasteiger partial charge in [-0.15, -0.1) is 0 Å². The van der Waals surface area contributed by atoms with Gasteiger partial charge in [0.25, 0.3) is 5.91 Å². The molecule has 6 heteroatoms. The molecule has 0 heterocycles. The van der Waals surface area contributed by atoms with Gasteiger partial charge in [0.1, 0.15) is 0 Å². The van der Waals surface area contributed by atoms with Gasteiger partial charge in [0.15, 0.2) is 0 Å². The van der Waals surface area contributed by atoms with Gasteiger partial charge in [-0.25, -0.2) is 8.42 Å². The summed E-state index contributed by atoms with van der Waals surface area (Å²) in [5, 5.41) is 2.84. The van der Waals surface area contributed by atoms with Gasteiger partial charge in [-0.2, -0.15) is 4.31 Å². The Bertz CT molecular complexity index is 917. The van der Waals surface area contributed by atoms with Gasteiger partial charge in [-0.3, -0.25) is 4.79 Å². The van der Waals surface area contributed by atoms with E-state index in [0.717, 1.165) is 16.7 Å². The van der Waals surface area contributed by atoms with Crippen molar-refractivity contribution in [3.05, 3.63) is 58.7 Å². The van der Waals surface area contributed by atoms with Gasteiger partial charge in [-0.05, 0) is 61.7 Å². The molecule has 0 aliphatic heterocycles. The Kier molecular flexibility index (Phi) is 6.21. The molecule has 0 aromatic heterocycles. The smallest absolute Gasteiger partial charge is 0.255 e. The third-order valence-electron chi connectivity index (χ3n) is 4.57. The molecule has 0 aliphatic carbocycles. The molecule has 0 fully saturated rings. The van der Waals surface area contributed by atoms with Crippen LogP contribution in [0, 0.1) is 20.8 Å². The van der Waals surface area contributed by atoms with Gasteiger partial charge in [0.2, 0.25) is 10.0 Å². The molecule has 0 spiro atoms. The van der Waals surface area contributed by atoms with Crippen LogP contribution in [0.15, 0.2) is 41.3 Å². The minimum absolute atomic E-state index is 0.183. The number of rotatable bonds is 6. The highest BCUT2D eigenvalue weighted by Crippen LogP contribution is 2.24. The molecule has 26 heavy (non-hydrogen) atoms. The molecule has 2 aromatic rings. The van der Waals surface area contributed by atoms with Crippen LogP contribution in [0.5, 0.6) is 0 Å². The number of benzene rings is 2. The fourth-order valence-electron chi connectivity index (χ4n) is 2.69. The second kappa shape index (κ2) is 8.01. The molecule has 0 radical (unpaired) electrons. The average Bonchev–Trinajstić information content (AvgIpc) is 2.59. The Labute approximate surface area is 156 Å². The van der Waals surface area contributed by atoms with E-state index in [1.54, 1.807) is 32.0 Å². The van der Waals surface area contributed by atoms with E-state index < -0.39 is 10.0 Å². The summed E-state index contributed by atoms with van der Waals surface area (Å²) in [6, 6.07) is 10.3. The summed E-state index contributed by atoms with van der Waals surface area (Å²) in [6.07, 6.45) is 0. The summed E-state index contributed by atoms with van der Waals surface area (Å²) < 4.78 is 26.8. The highest BCUT2D eigenvalue weighted by molar-refractivity contribution is 7.89. The SMILES string of the molecule is CCN(CC)S(=O)(=O)c1ccc(C)c(NC(=O)c2ccc(C)c(C)c2)c1. The molecular formula is C20H26N2O3S. The number of sulfonamides is 1. The van der Waals surface area contributed by atoms with Crippen molar-refractivity contribution in [3.8, 4) is 0 Å². The molecule has 140 valence electrons. The molecule has 1 amide bonds. The fraction of sp³-hybridized carbons (Fsp3) is 0.350. The standard InChI is InChI=1S/C20H26N2O3S/c1-6-22(7-2)26(24,25)18-11-9-15(4)19(13-18)21-20(23)17-10-8-14(3)16(5)12-17/h8-13H,6-7H2,1-5H3,(H,21,23). The first-order chi connectivity index (χ1) is 12.2. The number of carbonyl (C=O) groups is 1. The van der Waals surface area contributed by atoms with Crippen molar-refractivity contribution in [2.45, 2.75) is 39.5 Å². The number of nitrogens with zero attached hydrogens (tertiary/aromatic N) is 1. The van der Waals surface area contributed by atoms with Crippen molar-refractivity contribution in [2.75, 3.05) is 18.4 Å². The second-order valence-corrected chi connectivity index (χ2v) is 8.26. The first-order valence-corrected chi connectivity index (χ1v) is 10.1. The van der Waals surface area contributed by atoms with Crippen molar-refractivity contribution in [1.29, 1.82) is 0 Å². The molecule has 2 aromatic carbocycles. The van der Waals surface area contributed by atoms with E-state index in [2.05, 4.69) is 5.32 Å². The van der Waals surface area contributed by atoms with E-state index in [9.17, 15) is 13.2 Å². The van der Waals surface area contributed by atoms with Crippen LogP contribution in [0.25, 0.3) is 0 Å². The number of hydrogen-bond acceptors (Lipinski definition) is 3. The molecular weight excluding hydrogens is 348 g/mol. The second-order valence-electron chi connectivity index (χ2n) is 6.32. The Morgan fingerprint density at radius 3 is 2.12 bits per heavy atom. The van der Waals surface area contributed by atoms with E-state index in [-0.39, 0.29) is 10.8 Å². The topological polar surface area (TPSA) is 66.5 Å². The zero-order valence-electron chi connectivity index (χ0n) is 16.0. The van der Waals surface area contributed by atoms with Crippen LogP contribution in [0.3, 0.4) is 0 Å². The summed E-state index contributed by atoms with van der Waals surface area (Å²) in [5.74, 6) is -0.256. The molecule has 5 nitrogen and oxygen atoms in total. The number of amides is 1. The number of hydrogen-bond donors (Lipinski definition) is 1. The third-order valence-corrected chi connectivity index (χ3v) is 6.62. The lowest BCUT2D eigenvalue weighted by atomic mass is 10.1. The maximum absolute atomic E-state index is 12.7. The van der Waals surface area contributed by atoms with Crippen LogP contribution in [-0.4, -0.2) is 31.7 Å². The lowest BCUT2D eigenvalue weighted by Gasteiger charge is -2.19. The quantitative estimate of drug-likeness (QED) is 0.834. The Balaban J connectivity index is 2.35. The highest BCUT2D eigenvalue weighted by Gasteiger charge is 2.22. The van der Waals surface area contributed by atoms with Crippen LogP contribution < -0.4 is 5.32 Å². The van der Waals surface area contributed by atoms with E-state index in [4.69, 9.17) is 0 Å².